The van der Waals surface area contributed by atoms with Gasteiger partial charge in [-0.1, -0.05) is 12.1 Å². The normalized spacial score (nSPS) is 25.2. The molecule has 160 valence electrons. The van der Waals surface area contributed by atoms with E-state index in [9.17, 15) is 4.79 Å². The molecule has 29 heavy (non-hydrogen) atoms. The number of likely N-dealkylation sites (N-methyl/N-ethyl adjacent to an activating group) is 1. The Morgan fingerprint density at radius 2 is 1.79 bits per heavy atom. The summed E-state index contributed by atoms with van der Waals surface area (Å²) in [4.78, 5) is 20.1. The molecule has 1 aliphatic carbocycles. The molecule has 5 nitrogen and oxygen atoms in total. The summed E-state index contributed by atoms with van der Waals surface area (Å²) in [6.45, 7) is 11.3. The highest BCUT2D eigenvalue weighted by atomic mass is 16.5. The zero-order valence-electron chi connectivity index (χ0n) is 18.4. The van der Waals surface area contributed by atoms with Crippen LogP contribution in [0.25, 0.3) is 0 Å². The van der Waals surface area contributed by atoms with Crippen molar-refractivity contribution >= 4 is 5.91 Å². The lowest BCUT2D eigenvalue weighted by molar-refractivity contribution is -0.133. The van der Waals surface area contributed by atoms with E-state index in [1.165, 1.54) is 18.4 Å². The lowest BCUT2D eigenvalue weighted by Crippen LogP contribution is -2.39. The standard InChI is InChI=1S/C24H37N3O2/c1-19(2)29-21-7-5-20(6-8-21)18-26-13-9-24(10-14-26)17-22(24)23(28)27-12-4-11-25(3)15-16-27/h5-8,19,22H,4,9-18H2,1-3H3. The maximum Gasteiger partial charge on any atom is 0.226 e. The van der Waals surface area contributed by atoms with Crippen LogP contribution in [-0.4, -0.2) is 73.0 Å². The van der Waals surface area contributed by atoms with Gasteiger partial charge in [-0.2, -0.15) is 0 Å². The summed E-state index contributed by atoms with van der Waals surface area (Å²) in [6, 6.07) is 8.52. The van der Waals surface area contributed by atoms with E-state index in [1.54, 1.807) is 0 Å². The van der Waals surface area contributed by atoms with Gasteiger partial charge in [-0.15, -0.1) is 0 Å². The van der Waals surface area contributed by atoms with Gasteiger partial charge in [-0.05, 0) is 89.3 Å². The van der Waals surface area contributed by atoms with Crippen LogP contribution in [0.2, 0.25) is 0 Å². The first-order valence-electron chi connectivity index (χ1n) is 11.4. The van der Waals surface area contributed by atoms with Gasteiger partial charge in [-0.3, -0.25) is 9.69 Å². The highest BCUT2D eigenvalue weighted by Crippen LogP contribution is 2.60. The van der Waals surface area contributed by atoms with Crippen LogP contribution >= 0.6 is 0 Å². The molecule has 1 spiro atoms. The van der Waals surface area contributed by atoms with Crippen LogP contribution in [0.3, 0.4) is 0 Å². The molecular formula is C24H37N3O2. The molecule has 1 aromatic rings. The Morgan fingerprint density at radius 1 is 1.07 bits per heavy atom. The Morgan fingerprint density at radius 3 is 2.48 bits per heavy atom. The largest absolute Gasteiger partial charge is 0.491 e. The third-order valence-electron chi connectivity index (χ3n) is 7.07. The topological polar surface area (TPSA) is 36.0 Å². The lowest BCUT2D eigenvalue weighted by Gasteiger charge is -2.33. The second kappa shape index (κ2) is 8.65. The smallest absolute Gasteiger partial charge is 0.226 e. The van der Waals surface area contributed by atoms with Crippen LogP contribution in [0, 0.1) is 11.3 Å². The Kier molecular flexibility index (Phi) is 6.16. The van der Waals surface area contributed by atoms with Gasteiger partial charge in [0.05, 0.1) is 6.10 Å². The molecule has 3 aliphatic rings. The van der Waals surface area contributed by atoms with E-state index in [0.717, 1.165) is 64.4 Å². The number of carbonyl (C=O) groups excluding carboxylic acids is 1. The van der Waals surface area contributed by atoms with Crippen LogP contribution in [0.15, 0.2) is 24.3 Å². The highest BCUT2D eigenvalue weighted by Gasteiger charge is 2.59. The van der Waals surface area contributed by atoms with Gasteiger partial charge in [0.2, 0.25) is 5.91 Å². The molecule has 5 heteroatoms. The number of amides is 1. The fourth-order valence-electron chi connectivity index (χ4n) is 5.10. The van der Waals surface area contributed by atoms with Crippen LogP contribution in [0.1, 0.15) is 45.1 Å². The fourth-order valence-corrected chi connectivity index (χ4v) is 5.10. The summed E-state index contributed by atoms with van der Waals surface area (Å²) >= 11 is 0. The number of ether oxygens (including phenoxy) is 1. The summed E-state index contributed by atoms with van der Waals surface area (Å²) in [5, 5.41) is 0. The molecule has 2 saturated heterocycles. The van der Waals surface area contributed by atoms with E-state index >= 15 is 0 Å². The molecule has 0 radical (unpaired) electrons. The zero-order valence-corrected chi connectivity index (χ0v) is 18.4. The van der Waals surface area contributed by atoms with Gasteiger partial charge in [0.1, 0.15) is 5.75 Å². The number of carbonyl (C=O) groups is 1. The molecule has 1 unspecified atom stereocenters. The predicted molar refractivity (Wildman–Crippen MR) is 116 cm³/mol. The fraction of sp³-hybridized carbons (Fsp3) is 0.708. The van der Waals surface area contributed by atoms with E-state index in [4.69, 9.17) is 4.74 Å². The molecule has 1 aromatic carbocycles. The predicted octanol–water partition coefficient (Wildman–Crippen LogP) is 3.24. The molecule has 1 saturated carbocycles. The summed E-state index contributed by atoms with van der Waals surface area (Å²) in [5.41, 5.74) is 1.65. The quantitative estimate of drug-likeness (QED) is 0.762. The van der Waals surface area contributed by atoms with Crippen LogP contribution in [-0.2, 0) is 11.3 Å². The van der Waals surface area contributed by atoms with E-state index < -0.39 is 0 Å². The first-order valence-corrected chi connectivity index (χ1v) is 11.4. The average Bonchev–Trinajstić information content (AvgIpc) is 3.44. The molecule has 1 amide bonds. The molecule has 2 aliphatic heterocycles. The SMILES string of the molecule is CC(C)Oc1ccc(CN2CCC3(CC2)CC3C(=O)N2CCCN(C)CC2)cc1. The zero-order chi connectivity index (χ0) is 20.4. The number of nitrogens with zero attached hydrogens (tertiary/aromatic N) is 3. The molecule has 2 heterocycles. The molecule has 0 N–H and O–H groups in total. The van der Waals surface area contributed by atoms with Crippen molar-refractivity contribution in [3.63, 3.8) is 0 Å². The van der Waals surface area contributed by atoms with Crippen molar-refractivity contribution in [1.82, 2.24) is 14.7 Å². The highest BCUT2D eigenvalue weighted by molar-refractivity contribution is 5.82. The summed E-state index contributed by atoms with van der Waals surface area (Å²) < 4.78 is 5.74. The molecule has 0 aromatic heterocycles. The molecule has 3 fully saturated rings. The van der Waals surface area contributed by atoms with Gasteiger partial charge in [-0.25, -0.2) is 0 Å². The Hall–Kier alpha value is -1.59. The molecular weight excluding hydrogens is 362 g/mol. The first kappa shape index (κ1) is 20.7. The second-order valence-corrected chi connectivity index (χ2v) is 9.69. The summed E-state index contributed by atoms with van der Waals surface area (Å²) in [6.07, 6.45) is 4.78. The van der Waals surface area contributed by atoms with Crippen molar-refractivity contribution < 1.29 is 9.53 Å². The Balaban J connectivity index is 1.25. The number of likely N-dealkylation sites (tertiary alicyclic amines) is 1. The van der Waals surface area contributed by atoms with Crippen molar-refractivity contribution in [2.45, 2.75) is 52.2 Å². The number of rotatable bonds is 5. The number of piperidine rings is 1. The van der Waals surface area contributed by atoms with Crippen molar-refractivity contribution in [2.24, 2.45) is 11.3 Å². The molecule has 1 atom stereocenters. The van der Waals surface area contributed by atoms with Gasteiger partial charge in [0, 0.05) is 32.1 Å². The maximum absolute atomic E-state index is 13.1. The van der Waals surface area contributed by atoms with Crippen LogP contribution in [0.5, 0.6) is 5.75 Å². The molecule has 4 rings (SSSR count). The van der Waals surface area contributed by atoms with Crippen molar-refractivity contribution in [2.75, 3.05) is 46.3 Å². The number of hydrogen-bond acceptors (Lipinski definition) is 4. The maximum atomic E-state index is 13.1. The van der Waals surface area contributed by atoms with E-state index in [-0.39, 0.29) is 6.10 Å². The van der Waals surface area contributed by atoms with E-state index in [0.29, 0.717) is 17.2 Å². The van der Waals surface area contributed by atoms with Crippen molar-refractivity contribution in [1.29, 1.82) is 0 Å². The van der Waals surface area contributed by atoms with Gasteiger partial charge in [0.25, 0.3) is 0 Å². The number of hydrogen-bond donors (Lipinski definition) is 0. The van der Waals surface area contributed by atoms with Crippen molar-refractivity contribution in [3.8, 4) is 5.75 Å². The number of benzene rings is 1. The third kappa shape index (κ3) is 4.95. The van der Waals surface area contributed by atoms with Crippen LogP contribution < -0.4 is 4.74 Å². The van der Waals surface area contributed by atoms with E-state index in [1.807, 2.05) is 0 Å². The summed E-state index contributed by atoms with van der Waals surface area (Å²) in [5.74, 6) is 1.68. The van der Waals surface area contributed by atoms with Crippen LogP contribution in [0.4, 0.5) is 0 Å². The Labute approximate surface area is 176 Å². The second-order valence-electron chi connectivity index (χ2n) is 9.69. The molecule has 0 bridgehead atoms. The monoisotopic (exact) mass is 399 g/mol. The minimum absolute atomic E-state index is 0.212. The van der Waals surface area contributed by atoms with Gasteiger partial charge >= 0.3 is 0 Å². The average molecular weight is 400 g/mol. The van der Waals surface area contributed by atoms with Gasteiger partial charge in [0.15, 0.2) is 0 Å². The lowest BCUT2D eigenvalue weighted by atomic mass is 9.90. The minimum atomic E-state index is 0.212. The Bertz CT molecular complexity index is 695. The third-order valence-corrected chi connectivity index (χ3v) is 7.07. The van der Waals surface area contributed by atoms with Gasteiger partial charge < -0.3 is 14.5 Å². The minimum Gasteiger partial charge on any atom is -0.491 e. The first-order chi connectivity index (χ1) is 13.9. The van der Waals surface area contributed by atoms with E-state index in [2.05, 4.69) is 59.9 Å². The summed E-state index contributed by atoms with van der Waals surface area (Å²) in [7, 11) is 2.16. The van der Waals surface area contributed by atoms with Crippen molar-refractivity contribution in [3.05, 3.63) is 29.8 Å².